The summed E-state index contributed by atoms with van der Waals surface area (Å²) < 4.78 is 56.3. The highest BCUT2D eigenvalue weighted by Gasteiger charge is 2.41. The molecule has 6 rings (SSSR count). The van der Waals surface area contributed by atoms with Crippen molar-refractivity contribution >= 4 is 51.4 Å². The van der Waals surface area contributed by atoms with Gasteiger partial charge in [-0.2, -0.15) is 0 Å². The van der Waals surface area contributed by atoms with E-state index in [2.05, 4.69) is 11.6 Å². The number of pyridine rings is 2. The first-order chi connectivity index (χ1) is 21.8. The van der Waals surface area contributed by atoms with E-state index in [1.54, 1.807) is 24.1 Å². The summed E-state index contributed by atoms with van der Waals surface area (Å²) >= 11 is 12.2. The molecule has 8 nitrogen and oxygen atoms in total. The number of nitrogens with zero attached hydrogens (tertiary/aromatic N) is 4. The van der Waals surface area contributed by atoms with Gasteiger partial charge in [-0.1, -0.05) is 43.6 Å². The van der Waals surface area contributed by atoms with Crippen LogP contribution in [0, 0.1) is 24.4 Å². The van der Waals surface area contributed by atoms with Crippen molar-refractivity contribution in [3.8, 4) is 22.6 Å². The smallest absolute Gasteiger partial charge is 0.300 e. The first kappa shape index (κ1) is 31.7. The Morgan fingerprint density at radius 2 is 1.85 bits per heavy atom. The van der Waals surface area contributed by atoms with Crippen LogP contribution in [0.4, 0.5) is 24.5 Å². The molecule has 46 heavy (non-hydrogen) atoms. The van der Waals surface area contributed by atoms with Crippen molar-refractivity contribution in [1.82, 2.24) is 14.5 Å². The van der Waals surface area contributed by atoms with E-state index >= 15 is 13.2 Å². The molecule has 1 amide bonds. The van der Waals surface area contributed by atoms with Crippen LogP contribution in [-0.4, -0.2) is 52.1 Å². The van der Waals surface area contributed by atoms with E-state index in [0.29, 0.717) is 11.3 Å². The van der Waals surface area contributed by atoms with E-state index in [1.807, 2.05) is 25.7 Å². The molecule has 0 aliphatic carbocycles. The molecule has 0 spiro atoms. The van der Waals surface area contributed by atoms with Gasteiger partial charge in [0.1, 0.15) is 12.4 Å². The zero-order valence-electron chi connectivity index (χ0n) is 25.4. The van der Waals surface area contributed by atoms with Crippen LogP contribution in [0.2, 0.25) is 10.0 Å². The summed E-state index contributed by atoms with van der Waals surface area (Å²) in [6.07, 6.45) is 2.80. The van der Waals surface area contributed by atoms with Gasteiger partial charge < -0.3 is 20.3 Å². The largest absolute Gasteiger partial charge is 0.484 e. The maximum Gasteiger partial charge on any atom is 0.300 e. The van der Waals surface area contributed by atoms with Gasteiger partial charge in [0.15, 0.2) is 11.6 Å². The van der Waals surface area contributed by atoms with E-state index in [4.69, 9.17) is 33.7 Å². The van der Waals surface area contributed by atoms with Gasteiger partial charge in [-0.3, -0.25) is 19.1 Å². The summed E-state index contributed by atoms with van der Waals surface area (Å²) in [5, 5.41) is -0.692. The molecule has 240 valence electrons. The minimum absolute atomic E-state index is 0.00110. The molecule has 2 N–H and O–H groups in total. The highest BCUT2D eigenvalue weighted by molar-refractivity contribution is 6.37. The number of aryl methyl sites for hydroxylation is 1. The van der Waals surface area contributed by atoms with Gasteiger partial charge in [0, 0.05) is 36.3 Å². The quantitative estimate of drug-likeness (QED) is 0.146. The lowest BCUT2D eigenvalue weighted by atomic mass is 9.96. The lowest BCUT2D eigenvalue weighted by Gasteiger charge is -2.48. The Bertz CT molecular complexity index is 2010. The zero-order chi connectivity index (χ0) is 33.4. The van der Waals surface area contributed by atoms with Crippen LogP contribution in [0.15, 0.2) is 41.8 Å². The molecule has 2 aliphatic rings. The molecule has 13 heteroatoms. The molecular weight excluding hydrogens is 642 g/mol. The topological polar surface area (TPSA) is 93.7 Å². The Hall–Kier alpha value is -4.22. The van der Waals surface area contributed by atoms with Crippen LogP contribution in [0.5, 0.6) is 5.75 Å². The number of halogens is 5. The fraction of sp³-hybridized carbons (Fsp3) is 0.303. The third-order valence-electron chi connectivity index (χ3n) is 8.67. The summed E-state index contributed by atoms with van der Waals surface area (Å²) in [5.41, 5.74) is 4.61. The van der Waals surface area contributed by atoms with Crippen LogP contribution in [0.1, 0.15) is 37.9 Å². The summed E-state index contributed by atoms with van der Waals surface area (Å²) in [6.45, 7) is 11.4. The van der Waals surface area contributed by atoms with E-state index in [0.717, 1.165) is 16.7 Å². The molecule has 2 atom stereocenters. The van der Waals surface area contributed by atoms with Crippen LogP contribution in [0.3, 0.4) is 0 Å². The van der Waals surface area contributed by atoms with Crippen LogP contribution < -0.4 is 20.9 Å². The number of amides is 1. The lowest BCUT2D eigenvalue weighted by molar-refractivity contribution is -0.129. The molecule has 1 fully saturated rings. The number of nitrogen functional groups attached to an aromatic ring is 1. The van der Waals surface area contributed by atoms with E-state index < -0.39 is 50.9 Å². The number of carbonyl (C=O) groups excluding carboxylic acids is 1. The lowest BCUT2D eigenvalue weighted by Crippen LogP contribution is -2.62. The second kappa shape index (κ2) is 11.5. The van der Waals surface area contributed by atoms with E-state index in [9.17, 15) is 9.59 Å². The Balaban J connectivity index is 1.76. The van der Waals surface area contributed by atoms with Crippen molar-refractivity contribution in [3.63, 3.8) is 0 Å². The maximum atomic E-state index is 17.3. The van der Waals surface area contributed by atoms with Gasteiger partial charge >= 0.3 is 0 Å². The molecule has 4 aromatic rings. The van der Waals surface area contributed by atoms with E-state index in [1.165, 1.54) is 6.08 Å². The van der Waals surface area contributed by atoms with Crippen molar-refractivity contribution in [1.29, 1.82) is 0 Å². The molecule has 0 radical (unpaired) electrons. The minimum Gasteiger partial charge on any atom is -0.484 e. The molecule has 1 saturated heterocycles. The summed E-state index contributed by atoms with van der Waals surface area (Å²) in [6, 6.07) is 2.97. The highest BCUT2D eigenvalue weighted by atomic mass is 35.5. The standard InChI is InChI=1S/C33H30Cl2F3N5O3/c1-6-22(44)41-12-17-13-46-32-31(42(17)11-16(41)5)18-9-21(36)23(24-25(37)19(34)10-20(35)27(24)39)26(38)30(18)43(33(32)45)29-15(4)7-8-40-28(29)14(2)3/h6-10,14,16-17H,1,11-13,39H2,2-5H3. The molecule has 4 heterocycles. The molecule has 2 unspecified atom stereocenters. The number of carbonyl (C=O) groups is 1. The third kappa shape index (κ3) is 4.70. The second-order valence-corrected chi connectivity index (χ2v) is 12.7. The predicted octanol–water partition coefficient (Wildman–Crippen LogP) is 6.77. The Kier molecular flexibility index (Phi) is 7.97. The fourth-order valence-electron chi connectivity index (χ4n) is 6.49. The number of aromatic nitrogens is 2. The number of hydrogen-bond donors (Lipinski definition) is 1. The molecular formula is C33H30Cl2F3N5O3. The summed E-state index contributed by atoms with van der Waals surface area (Å²) in [5.74, 6) is -4.18. The number of anilines is 2. The van der Waals surface area contributed by atoms with Gasteiger partial charge in [0.2, 0.25) is 11.7 Å². The molecule has 0 bridgehead atoms. The minimum atomic E-state index is -1.26. The van der Waals surface area contributed by atoms with Crippen molar-refractivity contribution in [2.45, 2.75) is 45.7 Å². The summed E-state index contributed by atoms with van der Waals surface area (Å²) in [7, 11) is 0. The van der Waals surface area contributed by atoms with Gasteiger partial charge in [-0.15, -0.1) is 0 Å². The number of benzene rings is 2. The van der Waals surface area contributed by atoms with Crippen LogP contribution >= 0.6 is 23.2 Å². The van der Waals surface area contributed by atoms with Gasteiger partial charge in [-0.25, -0.2) is 13.2 Å². The number of piperazine rings is 1. The molecule has 2 aromatic heterocycles. The number of nitrogens with two attached hydrogens (primary N) is 1. The van der Waals surface area contributed by atoms with Crippen molar-refractivity contribution < 1.29 is 22.7 Å². The van der Waals surface area contributed by atoms with Crippen LogP contribution in [0.25, 0.3) is 27.7 Å². The zero-order valence-corrected chi connectivity index (χ0v) is 26.9. The number of ether oxygens (including phenoxy) is 1. The van der Waals surface area contributed by atoms with E-state index in [-0.39, 0.29) is 70.6 Å². The second-order valence-electron chi connectivity index (χ2n) is 11.9. The Morgan fingerprint density at radius 1 is 1.13 bits per heavy atom. The normalized spacial score (nSPS) is 17.6. The van der Waals surface area contributed by atoms with Gasteiger partial charge in [0.25, 0.3) is 5.56 Å². The van der Waals surface area contributed by atoms with Crippen molar-refractivity contribution in [2.24, 2.45) is 0 Å². The predicted molar refractivity (Wildman–Crippen MR) is 174 cm³/mol. The Labute approximate surface area is 272 Å². The highest BCUT2D eigenvalue weighted by Crippen LogP contribution is 2.47. The number of hydrogen-bond acceptors (Lipinski definition) is 6. The first-order valence-electron chi connectivity index (χ1n) is 14.6. The number of fused-ring (bicyclic) bond motifs is 5. The van der Waals surface area contributed by atoms with Gasteiger partial charge in [0.05, 0.1) is 49.9 Å². The average Bonchev–Trinajstić information content (AvgIpc) is 3.01. The number of rotatable bonds is 4. The van der Waals surface area contributed by atoms with Crippen molar-refractivity contribution in [2.75, 3.05) is 30.3 Å². The van der Waals surface area contributed by atoms with Gasteiger partial charge in [-0.05, 0) is 49.6 Å². The monoisotopic (exact) mass is 671 g/mol. The third-order valence-corrected chi connectivity index (χ3v) is 9.26. The molecule has 2 aliphatic heterocycles. The van der Waals surface area contributed by atoms with Crippen LogP contribution in [-0.2, 0) is 4.79 Å². The Morgan fingerprint density at radius 3 is 2.52 bits per heavy atom. The fourth-order valence-corrected chi connectivity index (χ4v) is 6.95. The molecule has 2 aromatic carbocycles. The molecule has 0 saturated carbocycles. The SMILES string of the molecule is C=CC(=O)N1CC2COc3c(c4cc(F)c(-c5c(N)c(Cl)cc(Cl)c5F)c(F)c4n(-c4c(C)ccnc4C(C)C)c3=O)N2CC1C. The summed E-state index contributed by atoms with van der Waals surface area (Å²) in [4.78, 5) is 35.1. The van der Waals surface area contributed by atoms with Crippen molar-refractivity contribution in [3.05, 3.63) is 86.2 Å². The maximum absolute atomic E-state index is 17.3. The first-order valence-corrected chi connectivity index (χ1v) is 15.4. The average molecular weight is 673 g/mol.